The number of aliphatic hydroxyl groups excluding tert-OH is 1. The van der Waals surface area contributed by atoms with Crippen LogP contribution in [0, 0.1) is 5.41 Å². The summed E-state index contributed by atoms with van der Waals surface area (Å²) in [6, 6.07) is 8.20. The minimum atomic E-state index is -0.101. The maximum atomic E-state index is 9.21. The van der Waals surface area contributed by atoms with Crippen molar-refractivity contribution in [1.82, 2.24) is 5.32 Å². The molecule has 0 fully saturated rings. The molecule has 0 aliphatic heterocycles. The smallest absolute Gasteiger partial charge is 0.123 e. The van der Waals surface area contributed by atoms with Gasteiger partial charge in [-0.3, -0.25) is 0 Å². The number of nitrogens with one attached hydrogen (secondary N) is 1. The third-order valence-corrected chi connectivity index (χ3v) is 2.92. The summed E-state index contributed by atoms with van der Waals surface area (Å²) in [6.07, 6.45) is 0. The predicted octanol–water partition coefficient (Wildman–Crippen LogP) is 2.36. The molecule has 96 valence electrons. The van der Waals surface area contributed by atoms with E-state index in [0.717, 1.165) is 17.9 Å². The molecule has 2 N–H and O–H groups in total. The largest absolute Gasteiger partial charge is 0.496 e. The fourth-order valence-electron chi connectivity index (χ4n) is 1.62. The average molecular weight is 237 g/mol. The second-order valence-corrected chi connectivity index (χ2v) is 5.17. The number of hydrogen-bond donors (Lipinski definition) is 2. The van der Waals surface area contributed by atoms with Gasteiger partial charge in [0, 0.05) is 30.2 Å². The minimum absolute atomic E-state index is 0.101. The van der Waals surface area contributed by atoms with Crippen molar-refractivity contribution >= 4 is 0 Å². The van der Waals surface area contributed by atoms with Crippen LogP contribution in [0.2, 0.25) is 0 Å². The van der Waals surface area contributed by atoms with Crippen LogP contribution < -0.4 is 10.1 Å². The van der Waals surface area contributed by atoms with Gasteiger partial charge in [-0.15, -0.1) is 0 Å². The van der Waals surface area contributed by atoms with Gasteiger partial charge in [0.2, 0.25) is 0 Å². The molecule has 1 rings (SSSR count). The molecule has 1 atom stereocenters. The molecule has 0 aliphatic rings. The van der Waals surface area contributed by atoms with Crippen LogP contribution in [-0.4, -0.2) is 25.4 Å². The van der Waals surface area contributed by atoms with Gasteiger partial charge < -0.3 is 15.2 Å². The fraction of sp³-hybridized carbons (Fsp3) is 0.571. The van der Waals surface area contributed by atoms with Crippen molar-refractivity contribution in [1.29, 1.82) is 0 Å². The van der Waals surface area contributed by atoms with Gasteiger partial charge in [0.1, 0.15) is 5.75 Å². The summed E-state index contributed by atoms with van der Waals surface area (Å²) < 4.78 is 5.34. The van der Waals surface area contributed by atoms with Crippen molar-refractivity contribution in [2.75, 3.05) is 20.3 Å². The molecule has 0 unspecified atom stereocenters. The van der Waals surface area contributed by atoms with Crippen LogP contribution >= 0.6 is 0 Å². The van der Waals surface area contributed by atoms with E-state index in [1.807, 2.05) is 32.0 Å². The van der Waals surface area contributed by atoms with Gasteiger partial charge in [-0.25, -0.2) is 0 Å². The molecule has 0 spiro atoms. The van der Waals surface area contributed by atoms with E-state index in [4.69, 9.17) is 4.74 Å². The molecular weight excluding hydrogens is 214 g/mol. The van der Waals surface area contributed by atoms with E-state index in [1.54, 1.807) is 7.11 Å². The van der Waals surface area contributed by atoms with Gasteiger partial charge in [0.25, 0.3) is 0 Å². The van der Waals surface area contributed by atoms with Crippen molar-refractivity contribution in [2.45, 2.75) is 26.8 Å². The molecule has 0 saturated carbocycles. The average Bonchev–Trinajstić information content (AvgIpc) is 2.36. The highest BCUT2D eigenvalue weighted by Crippen LogP contribution is 2.25. The maximum absolute atomic E-state index is 9.21. The van der Waals surface area contributed by atoms with Crippen molar-refractivity contribution in [2.24, 2.45) is 5.41 Å². The van der Waals surface area contributed by atoms with Crippen LogP contribution in [0.5, 0.6) is 5.75 Å². The lowest BCUT2D eigenvalue weighted by Crippen LogP contribution is -2.33. The number of para-hydroxylation sites is 1. The molecule has 0 heterocycles. The first-order chi connectivity index (χ1) is 8.00. The summed E-state index contributed by atoms with van der Waals surface area (Å²) in [7, 11) is 1.68. The number of aliphatic hydroxyl groups is 1. The Morgan fingerprint density at radius 3 is 2.59 bits per heavy atom. The summed E-state index contributed by atoms with van der Waals surface area (Å²) in [5.41, 5.74) is 1.04. The monoisotopic (exact) mass is 237 g/mol. The van der Waals surface area contributed by atoms with Gasteiger partial charge in [-0.05, 0) is 13.0 Å². The Hall–Kier alpha value is -1.06. The van der Waals surface area contributed by atoms with Gasteiger partial charge in [-0.1, -0.05) is 32.0 Å². The van der Waals surface area contributed by atoms with Gasteiger partial charge in [0.15, 0.2) is 0 Å². The van der Waals surface area contributed by atoms with Crippen LogP contribution in [0.4, 0.5) is 0 Å². The van der Waals surface area contributed by atoms with E-state index in [1.165, 1.54) is 0 Å². The molecule has 0 amide bonds. The minimum Gasteiger partial charge on any atom is -0.496 e. The van der Waals surface area contributed by atoms with Gasteiger partial charge in [-0.2, -0.15) is 0 Å². The van der Waals surface area contributed by atoms with E-state index in [-0.39, 0.29) is 18.1 Å². The molecule has 0 radical (unpaired) electrons. The Balaban J connectivity index is 2.67. The zero-order valence-electron chi connectivity index (χ0n) is 11.2. The third kappa shape index (κ3) is 4.02. The maximum Gasteiger partial charge on any atom is 0.123 e. The zero-order chi connectivity index (χ0) is 12.9. The van der Waals surface area contributed by atoms with Crippen molar-refractivity contribution < 1.29 is 9.84 Å². The molecular formula is C14H23NO2. The van der Waals surface area contributed by atoms with Crippen LogP contribution in [0.3, 0.4) is 0 Å². The second kappa shape index (κ2) is 6.03. The van der Waals surface area contributed by atoms with Crippen LogP contribution in [0.1, 0.15) is 32.4 Å². The lowest BCUT2D eigenvalue weighted by atomic mass is 9.94. The summed E-state index contributed by atoms with van der Waals surface area (Å²) >= 11 is 0. The molecule has 0 aliphatic carbocycles. The number of hydrogen-bond acceptors (Lipinski definition) is 3. The van der Waals surface area contributed by atoms with E-state index in [9.17, 15) is 5.11 Å². The Morgan fingerprint density at radius 2 is 2.00 bits per heavy atom. The van der Waals surface area contributed by atoms with Gasteiger partial charge >= 0.3 is 0 Å². The highest BCUT2D eigenvalue weighted by atomic mass is 16.5. The van der Waals surface area contributed by atoms with E-state index < -0.39 is 0 Å². The normalized spacial score (nSPS) is 13.5. The summed E-state index contributed by atoms with van der Waals surface area (Å²) in [4.78, 5) is 0. The Kier molecular flexibility index (Phi) is 4.97. The highest BCUT2D eigenvalue weighted by Gasteiger charge is 2.18. The number of benzene rings is 1. The van der Waals surface area contributed by atoms with Crippen molar-refractivity contribution in [3.05, 3.63) is 29.8 Å². The summed E-state index contributed by atoms with van der Waals surface area (Å²) in [5.74, 6) is 0.898. The zero-order valence-corrected chi connectivity index (χ0v) is 11.2. The van der Waals surface area contributed by atoms with Crippen molar-refractivity contribution in [3.63, 3.8) is 0 Å². The molecule has 3 nitrogen and oxygen atoms in total. The molecule has 0 aromatic heterocycles. The number of methoxy groups -OCH3 is 1. The number of ether oxygens (including phenoxy) is 1. The molecule has 3 heteroatoms. The quantitative estimate of drug-likeness (QED) is 0.798. The molecule has 0 saturated heterocycles. The summed E-state index contributed by atoms with van der Waals surface area (Å²) in [5, 5.41) is 12.6. The lowest BCUT2D eigenvalue weighted by Gasteiger charge is -2.25. The Bertz CT molecular complexity index is 350. The fourth-order valence-corrected chi connectivity index (χ4v) is 1.62. The van der Waals surface area contributed by atoms with E-state index in [0.29, 0.717) is 0 Å². The first kappa shape index (κ1) is 14.0. The summed E-state index contributed by atoms with van der Waals surface area (Å²) in [6.45, 7) is 7.12. The predicted molar refractivity (Wildman–Crippen MR) is 70.3 cm³/mol. The number of rotatable bonds is 6. The standard InChI is InChI=1S/C14H23NO2/c1-11(15-9-14(2,3)10-16)12-7-5-6-8-13(12)17-4/h5-8,11,15-16H,9-10H2,1-4H3/t11-/m1/s1. The topological polar surface area (TPSA) is 41.5 Å². The first-order valence-electron chi connectivity index (χ1n) is 5.97. The molecule has 1 aromatic carbocycles. The lowest BCUT2D eigenvalue weighted by molar-refractivity contribution is 0.153. The highest BCUT2D eigenvalue weighted by molar-refractivity contribution is 5.35. The third-order valence-electron chi connectivity index (χ3n) is 2.92. The van der Waals surface area contributed by atoms with E-state index in [2.05, 4.69) is 18.3 Å². The molecule has 1 aromatic rings. The molecule has 0 bridgehead atoms. The van der Waals surface area contributed by atoms with Crippen LogP contribution in [-0.2, 0) is 0 Å². The molecule has 17 heavy (non-hydrogen) atoms. The second-order valence-electron chi connectivity index (χ2n) is 5.17. The van der Waals surface area contributed by atoms with Crippen LogP contribution in [0.15, 0.2) is 24.3 Å². The first-order valence-corrected chi connectivity index (χ1v) is 5.97. The van der Waals surface area contributed by atoms with E-state index >= 15 is 0 Å². The van der Waals surface area contributed by atoms with Crippen molar-refractivity contribution in [3.8, 4) is 5.75 Å². The SMILES string of the molecule is COc1ccccc1[C@@H](C)NCC(C)(C)CO. The van der Waals surface area contributed by atoms with Crippen LogP contribution in [0.25, 0.3) is 0 Å². The Morgan fingerprint density at radius 1 is 1.35 bits per heavy atom. The van der Waals surface area contributed by atoms with Gasteiger partial charge in [0.05, 0.1) is 7.11 Å². The Labute approximate surface area is 104 Å².